The van der Waals surface area contributed by atoms with Crippen molar-refractivity contribution in [3.63, 3.8) is 0 Å². The van der Waals surface area contributed by atoms with Crippen molar-refractivity contribution in [3.8, 4) is 5.75 Å². The zero-order valence-electron chi connectivity index (χ0n) is 13.9. The van der Waals surface area contributed by atoms with Crippen LogP contribution < -0.4 is 15.7 Å². The van der Waals surface area contributed by atoms with Crippen molar-refractivity contribution in [2.75, 3.05) is 11.9 Å². The molecule has 26 heavy (non-hydrogen) atoms. The molecule has 2 aromatic carbocycles. The molecule has 0 bridgehead atoms. The molecule has 1 amide bonds. The van der Waals surface area contributed by atoms with Crippen LogP contribution in [0.4, 0.5) is 5.82 Å². The molecule has 1 aromatic heterocycles. The number of aromatic nitrogens is 2. The van der Waals surface area contributed by atoms with Gasteiger partial charge in [0.2, 0.25) is 0 Å². The van der Waals surface area contributed by atoms with E-state index >= 15 is 0 Å². The standard InChI is InChI=1S/C20H17N3O3/c24-19(22-18-12-13-21-20(25)23-18)14-26-17-10-8-16(9-11-17)7-6-15-4-2-1-3-5-15/h1-13H,14H2,(H2,21,22,23,24,25)/b7-6+. The number of amides is 1. The second-order valence-corrected chi connectivity index (χ2v) is 5.44. The number of H-pyrrole nitrogens is 1. The fourth-order valence-electron chi connectivity index (χ4n) is 2.21. The van der Waals surface area contributed by atoms with Crippen LogP contribution in [0.5, 0.6) is 5.75 Å². The summed E-state index contributed by atoms with van der Waals surface area (Å²) in [4.78, 5) is 28.8. The van der Waals surface area contributed by atoms with Gasteiger partial charge < -0.3 is 10.1 Å². The van der Waals surface area contributed by atoms with E-state index in [0.29, 0.717) is 5.75 Å². The molecular weight excluding hydrogens is 330 g/mol. The van der Waals surface area contributed by atoms with E-state index in [1.165, 1.54) is 12.3 Å². The molecule has 130 valence electrons. The maximum Gasteiger partial charge on any atom is 0.346 e. The van der Waals surface area contributed by atoms with Crippen molar-refractivity contribution < 1.29 is 9.53 Å². The van der Waals surface area contributed by atoms with E-state index in [1.54, 1.807) is 12.1 Å². The summed E-state index contributed by atoms with van der Waals surface area (Å²) in [5, 5.41) is 2.53. The number of rotatable bonds is 6. The van der Waals surface area contributed by atoms with Crippen molar-refractivity contribution in [3.05, 3.63) is 88.5 Å². The van der Waals surface area contributed by atoms with Gasteiger partial charge in [0.05, 0.1) is 0 Å². The number of hydrogen-bond acceptors (Lipinski definition) is 4. The Morgan fingerprint density at radius 2 is 1.69 bits per heavy atom. The molecule has 6 nitrogen and oxygen atoms in total. The molecule has 6 heteroatoms. The number of hydrogen-bond donors (Lipinski definition) is 2. The van der Waals surface area contributed by atoms with Gasteiger partial charge in [-0.1, -0.05) is 54.6 Å². The molecule has 0 saturated heterocycles. The summed E-state index contributed by atoms with van der Waals surface area (Å²) in [6.45, 7) is -0.163. The average Bonchev–Trinajstić information content (AvgIpc) is 2.66. The molecule has 1 heterocycles. The van der Waals surface area contributed by atoms with Gasteiger partial charge >= 0.3 is 5.69 Å². The third-order valence-corrected chi connectivity index (χ3v) is 3.47. The van der Waals surface area contributed by atoms with Crippen molar-refractivity contribution >= 4 is 23.9 Å². The lowest BCUT2D eigenvalue weighted by molar-refractivity contribution is -0.118. The lowest BCUT2D eigenvalue weighted by Crippen LogP contribution is -2.22. The van der Waals surface area contributed by atoms with Crippen LogP contribution in [0.2, 0.25) is 0 Å². The molecule has 3 aromatic rings. The Morgan fingerprint density at radius 3 is 2.38 bits per heavy atom. The molecule has 0 saturated carbocycles. The second kappa shape index (κ2) is 8.43. The van der Waals surface area contributed by atoms with Gasteiger partial charge in [0, 0.05) is 6.20 Å². The van der Waals surface area contributed by atoms with Gasteiger partial charge in [-0.2, -0.15) is 0 Å². The number of carbonyl (C=O) groups excluding carboxylic acids is 1. The number of anilines is 1. The molecule has 2 N–H and O–H groups in total. The first kappa shape index (κ1) is 17.2. The number of carbonyl (C=O) groups is 1. The predicted molar refractivity (Wildman–Crippen MR) is 101 cm³/mol. The number of aromatic amines is 1. The molecule has 0 aliphatic carbocycles. The van der Waals surface area contributed by atoms with Crippen molar-refractivity contribution in [2.45, 2.75) is 0 Å². The van der Waals surface area contributed by atoms with E-state index in [9.17, 15) is 9.59 Å². The van der Waals surface area contributed by atoms with Gasteiger partial charge in [0.25, 0.3) is 5.91 Å². The van der Waals surface area contributed by atoms with Crippen molar-refractivity contribution in [1.82, 2.24) is 9.97 Å². The van der Waals surface area contributed by atoms with Gasteiger partial charge in [-0.3, -0.25) is 9.78 Å². The lowest BCUT2D eigenvalue weighted by Gasteiger charge is -2.07. The second-order valence-electron chi connectivity index (χ2n) is 5.44. The first-order valence-corrected chi connectivity index (χ1v) is 8.00. The first-order chi connectivity index (χ1) is 12.7. The molecule has 0 fully saturated rings. The number of benzene rings is 2. The molecule has 0 atom stereocenters. The van der Waals surface area contributed by atoms with E-state index < -0.39 is 5.69 Å². The minimum absolute atomic E-state index is 0.163. The third-order valence-electron chi connectivity index (χ3n) is 3.47. The highest BCUT2D eigenvalue weighted by Crippen LogP contribution is 2.14. The van der Waals surface area contributed by atoms with Crippen LogP contribution in [0.25, 0.3) is 12.2 Å². The van der Waals surface area contributed by atoms with E-state index in [1.807, 2.05) is 54.6 Å². The van der Waals surface area contributed by atoms with Crippen LogP contribution in [-0.2, 0) is 4.79 Å². The summed E-state index contributed by atoms with van der Waals surface area (Å²) in [5.41, 5.74) is 1.63. The minimum atomic E-state index is -0.525. The highest BCUT2D eigenvalue weighted by atomic mass is 16.5. The smallest absolute Gasteiger partial charge is 0.346 e. The highest BCUT2D eigenvalue weighted by Gasteiger charge is 2.04. The van der Waals surface area contributed by atoms with Gasteiger partial charge in [-0.25, -0.2) is 9.78 Å². The minimum Gasteiger partial charge on any atom is -0.484 e. The fraction of sp³-hybridized carbons (Fsp3) is 0.0500. The predicted octanol–water partition coefficient (Wildman–Crippen LogP) is 2.96. The van der Waals surface area contributed by atoms with Crippen molar-refractivity contribution in [1.29, 1.82) is 0 Å². The van der Waals surface area contributed by atoms with Gasteiger partial charge in [0.15, 0.2) is 6.61 Å². The van der Waals surface area contributed by atoms with Crippen LogP contribution in [0, 0.1) is 0 Å². The molecule has 0 radical (unpaired) electrons. The maximum absolute atomic E-state index is 11.8. The Kier molecular flexibility index (Phi) is 5.57. The zero-order valence-corrected chi connectivity index (χ0v) is 13.9. The lowest BCUT2D eigenvalue weighted by atomic mass is 10.1. The van der Waals surface area contributed by atoms with E-state index in [0.717, 1.165) is 11.1 Å². The summed E-state index contributed by atoms with van der Waals surface area (Å²) in [7, 11) is 0. The van der Waals surface area contributed by atoms with Gasteiger partial charge in [0.1, 0.15) is 11.6 Å². The molecule has 0 unspecified atom stereocenters. The average molecular weight is 347 g/mol. The van der Waals surface area contributed by atoms with Crippen LogP contribution in [0.1, 0.15) is 11.1 Å². The summed E-state index contributed by atoms with van der Waals surface area (Å²) >= 11 is 0. The molecule has 0 aliphatic heterocycles. The Balaban J connectivity index is 1.52. The Labute approximate surface area is 150 Å². The molecular formula is C20H17N3O3. The SMILES string of the molecule is O=C(COc1ccc(/C=C/c2ccccc2)cc1)Nc1ccnc(=O)[nH]1. The van der Waals surface area contributed by atoms with Crippen LogP contribution in [0.3, 0.4) is 0 Å². The Morgan fingerprint density at radius 1 is 1.00 bits per heavy atom. The van der Waals surface area contributed by atoms with Gasteiger partial charge in [-0.15, -0.1) is 0 Å². The van der Waals surface area contributed by atoms with E-state index in [4.69, 9.17) is 4.74 Å². The number of nitrogens with zero attached hydrogens (tertiary/aromatic N) is 1. The quantitative estimate of drug-likeness (QED) is 0.672. The third kappa shape index (κ3) is 5.17. The summed E-state index contributed by atoms with van der Waals surface area (Å²) in [6, 6.07) is 18.9. The fourth-order valence-corrected chi connectivity index (χ4v) is 2.21. The van der Waals surface area contributed by atoms with E-state index in [-0.39, 0.29) is 18.3 Å². The maximum atomic E-state index is 11.8. The number of nitrogens with one attached hydrogen (secondary N) is 2. The van der Waals surface area contributed by atoms with Crippen LogP contribution >= 0.6 is 0 Å². The molecule has 0 aliphatic rings. The van der Waals surface area contributed by atoms with Crippen molar-refractivity contribution in [2.24, 2.45) is 0 Å². The Hall–Kier alpha value is -3.67. The first-order valence-electron chi connectivity index (χ1n) is 8.00. The number of ether oxygens (including phenoxy) is 1. The van der Waals surface area contributed by atoms with Crippen LogP contribution in [-0.4, -0.2) is 22.5 Å². The zero-order chi connectivity index (χ0) is 18.2. The topological polar surface area (TPSA) is 84.1 Å². The normalized spacial score (nSPS) is 10.6. The summed E-state index contributed by atoms with van der Waals surface area (Å²) in [6.07, 6.45) is 5.35. The molecule has 0 spiro atoms. The molecule has 3 rings (SSSR count). The Bertz CT molecular complexity index is 948. The van der Waals surface area contributed by atoms with Gasteiger partial charge in [-0.05, 0) is 29.3 Å². The van der Waals surface area contributed by atoms with Crippen LogP contribution in [0.15, 0.2) is 71.7 Å². The van der Waals surface area contributed by atoms with E-state index in [2.05, 4.69) is 15.3 Å². The summed E-state index contributed by atoms with van der Waals surface area (Å²) < 4.78 is 5.44. The monoisotopic (exact) mass is 347 g/mol. The largest absolute Gasteiger partial charge is 0.484 e. The summed E-state index contributed by atoms with van der Waals surface area (Å²) in [5.74, 6) is 0.486. The highest BCUT2D eigenvalue weighted by molar-refractivity contribution is 5.90.